The van der Waals surface area contributed by atoms with Gasteiger partial charge in [-0.15, -0.1) is 0 Å². The van der Waals surface area contributed by atoms with Gasteiger partial charge in [0.15, 0.2) is 0 Å². The normalized spacial score (nSPS) is 8.00. The molecule has 0 unspecified atom stereocenters. The average molecular weight is 144 g/mol. The fraction of sp³-hybridized carbons (Fsp3) is 0.750. The molecule has 0 saturated carbocycles. The van der Waals surface area contributed by atoms with Crippen molar-refractivity contribution in [3.8, 4) is 0 Å². The number of nitrogens with zero attached hydrogens (tertiary/aromatic N) is 3. The molecule has 0 radical (unpaired) electrons. The molecule has 0 aromatic rings. The van der Waals surface area contributed by atoms with Crippen LogP contribution in [0.2, 0.25) is 0 Å². The molecule has 0 atom stereocenters. The molecular formula is C4H8N4O2. The van der Waals surface area contributed by atoms with E-state index >= 15 is 0 Å². The smallest absolute Gasteiger partial charge is 0.404 e. The lowest BCUT2D eigenvalue weighted by molar-refractivity contribution is 0.194. The van der Waals surface area contributed by atoms with Crippen molar-refractivity contribution in [1.29, 1.82) is 0 Å². The summed E-state index contributed by atoms with van der Waals surface area (Å²) in [6, 6.07) is 0. The number of nitrogens with one attached hydrogen (secondary N) is 1. The van der Waals surface area contributed by atoms with Gasteiger partial charge in [-0.3, -0.25) is 0 Å². The van der Waals surface area contributed by atoms with Crippen molar-refractivity contribution in [3.05, 3.63) is 10.4 Å². The predicted molar refractivity (Wildman–Crippen MR) is 34.7 cm³/mol. The summed E-state index contributed by atoms with van der Waals surface area (Å²) in [4.78, 5) is 12.3. The first-order valence-corrected chi connectivity index (χ1v) is 2.75. The van der Waals surface area contributed by atoms with Crippen molar-refractivity contribution >= 4 is 6.09 Å². The second-order valence-corrected chi connectivity index (χ2v) is 1.54. The van der Waals surface area contributed by atoms with Crippen molar-refractivity contribution < 1.29 is 9.90 Å². The van der Waals surface area contributed by atoms with E-state index in [1.165, 1.54) is 0 Å². The first-order valence-electron chi connectivity index (χ1n) is 2.75. The van der Waals surface area contributed by atoms with E-state index in [4.69, 9.17) is 10.6 Å². The van der Waals surface area contributed by atoms with E-state index < -0.39 is 6.09 Å². The number of hydrogen-bond acceptors (Lipinski definition) is 2. The first-order chi connectivity index (χ1) is 4.77. The first kappa shape index (κ1) is 8.58. The zero-order valence-corrected chi connectivity index (χ0v) is 5.32. The van der Waals surface area contributed by atoms with Crippen LogP contribution in [-0.4, -0.2) is 24.3 Å². The Kier molecular flexibility index (Phi) is 4.90. The van der Waals surface area contributed by atoms with Gasteiger partial charge in [-0.25, -0.2) is 4.79 Å². The maximum absolute atomic E-state index is 9.82. The van der Waals surface area contributed by atoms with E-state index in [-0.39, 0.29) is 0 Å². The lowest BCUT2D eigenvalue weighted by Crippen LogP contribution is -2.22. The number of rotatable bonds is 4. The Bertz CT molecular complexity index is 147. The number of carboxylic acid groups (broad SMARTS) is 1. The molecule has 0 aromatic carbocycles. The third-order valence-corrected chi connectivity index (χ3v) is 0.774. The predicted octanol–water partition coefficient (Wildman–Crippen LogP) is 0.954. The Balaban J connectivity index is 3.05. The van der Waals surface area contributed by atoms with Gasteiger partial charge in [-0.1, -0.05) is 5.11 Å². The molecule has 0 aliphatic carbocycles. The Labute approximate surface area is 57.5 Å². The Morgan fingerprint density at radius 2 is 2.50 bits per heavy atom. The topological polar surface area (TPSA) is 98.1 Å². The van der Waals surface area contributed by atoms with E-state index in [9.17, 15) is 4.79 Å². The van der Waals surface area contributed by atoms with Crippen molar-refractivity contribution in [2.24, 2.45) is 5.11 Å². The third kappa shape index (κ3) is 6.58. The Morgan fingerprint density at radius 3 is 3.00 bits per heavy atom. The quantitative estimate of drug-likeness (QED) is 0.266. The molecule has 6 nitrogen and oxygen atoms in total. The van der Waals surface area contributed by atoms with Gasteiger partial charge >= 0.3 is 6.09 Å². The van der Waals surface area contributed by atoms with Gasteiger partial charge in [0, 0.05) is 18.0 Å². The number of carbonyl (C=O) groups is 1. The molecule has 0 saturated heterocycles. The van der Waals surface area contributed by atoms with Crippen molar-refractivity contribution in [1.82, 2.24) is 5.32 Å². The highest BCUT2D eigenvalue weighted by Gasteiger charge is 1.90. The molecule has 1 amide bonds. The van der Waals surface area contributed by atoms with Crippen LogP contribution < -0.4 is 5.32 Å². The standard InChI is InChI=1S/C4H8N4O2/c5-8-7-3-1-2-6-4(9)10/h6H,1-3H2,(H,9,10). The van der Waals surface area contributed by atoms with Gasteiger partial charge in [-0.2, -0.15) is 0 Å². The van der Waals surface area contributed by atoms with Crippen LogP contribution >= 0.6 is 0 Å². The Hall–Kier alpha value is -1.42. The molecule has 0 aromatic heterocycles. The maximum atomic E-state index is 9.82. The molecule has 2 N–H and O–H groups in total. The maximum Gasteiger partial charge on any atom is 0.404 e. The molecule has 56 valence electrons. The van der Waals surface area contributed by atoms with E-state index in [0.717, 1.165) is 0 Å². The van der Waals surface area contributed by atoms with E-state index in [1.54, 1.807) is 0 Å². The van der Waals surface area contributed by atoms with E-state index in [2.05, 4.69) is 15.3 Å². The summed E-state index contributed by atoms with van der Waals surface area (Å²) in [5, 5.41) is 13.4. The van der Waals surface area contributed by atoms with Crippen LogP contribution in [0.15, 0.2) is 5.11 Å². The lowest BCUT2D eigenvalue weighted by Gasteiger charge is -1.95. The van der Waals surface area contributed by atoms with Gasteiger partial charge in [0.25, 0.3) is 0 Å². The Morgan fingerprint density at radius 1 is 1.80 bits per heavy atom. The van der Waals surface area contributed by atoms with Gasteiger partial charge in [0.2, 0.25) is 0 Å². The van der Waals surface area contributed by atoms with E-state index in [1.807, 2.05) is 0 Å². The van der Waals surface area contributed by atoms with Crippen LogP contribution in [0.1, 0.15) is 6.42 Å². The summed E-state index contributed by atoms with van der Waals surface area (Å²) in [7, 11) is 0. The van der Waals surface area contributed by atoms with Gasteiger partial charge in [0.05, 0.1) is 0 Å². The van der Waals surface area contributed by atoms with Gasteiger partial charge in [0.1, 0.15) is 0 Å². The van der Waals surface area contributed by atoms with Crippen molar-refractivity contribution in [3.63, 3.8) is 0 Å². The largest absolute Gasteiger partial charge is 0.465 e. The number of hydrogen-bond donors (Lipinski definition) is 2. The molecule has 6 heteroatoms. The van der Waals surface area contributed by atoms with Gasteiger partial charge < -0.3 is 10.4 Å². The molecular weight excluding hydrogens is 136 g/mol. The minimum atomic E-state index is -1.05. The molecule has 0 fully saturated rings. The molecule has 10 heavy (non-hydrogen) atoms. The molecule has 0 heterocycles. The summed E-state index contributed by atoms with van der Waals surface area (Å²) in [6.45, 7) is 0.658. The minimum Gasteiger partial charge on any atom is -0.465 e. The van der Waals surface area contributed by atoms with Crippen LogP contribution in [0.5, 0.6) is 0 Å². The van der Waals surface area contributed by atoms with Crippen LogP contribution in [0.3, 0.4) is 0 Å². The van der Waals surface area contributed by atoms with Crippen molar-refractivity contribution in [2.45, 2.75) is 6.42 Å². The SMILES string of the molecule is [N-]=[N+]=NCCCNC(=O)O. The monoisotopic (exact) mass is 144 g/mol. The molecule has 0 rings (SSSR count). The summed E-state index contributed by atoms with van der Waals surface area (Å²) in [6.07, 6.45) is -0.517. The van der Waals surface area contributed by atoms with Crippen molar-refractivity contribution in [2.75, 3.05) is 13.1 Å². The van der Waals surface area contributed by atoms with Gasteiger partial charge in [-0.05, 0) is 12.0 Å². The highest BCUT2D eigenvalue weighted by molar-refractivity contribution is 5.64. The zero-order valence-electron chi connectivity index (χ0n) is 5.32. The number of azide groups is 1. The highest BCUT2D eigenvalue weighted by Crippen LogP contribution is 1.78. The van der Waals surface area contributed by atoms with E-state index in [0.29, 0.717) is 19.5 Å². The molecule has 0 spiro atoms. The minimum absolute atomic E-state index is 0.328. The van der Waals surface area contributed by atoms with Crippen LogP contribution in [-0.2, 0) is 0 Å². The summed E-state index contributed by atoms with van der Waals surface area (Å²) < 4.78 is 0. The number of amides is 1. The summed E-state index contributed by atoms with van der Waals surface area (Å²) >= 11 is 0. The second kappa shape index (κ2) is 5.71. The fourth-order valence-electron chi connectivity index (χ4n) is 0.390. The zero-order chi connectivity index (χ0) is 7.82. The highest BCUT2D eigenvalue weighted by atomic mass is 16.4. The molecule has 0 bridgehead atoms. The molecule has 0 aliphatic heterocycles. The van der Waals surface area contributed by atoms with Crippen LogP contribution in [0.25, 0.3) is 10.4 Å². The lowest BCUT2D eigenvalue weighted by atomic mass is 10.4. The summed E-state index contributed by atoms with van der Waals surface area (Å²) in [5.74, 6) is 0. The fourth-order valence-corrected chi connectivity index (χ4v) is 0.390. The summed E-state index contributed by atoms with van der Waals surface area (Å²) in [5.41, 5.74) is 7.80. The third-order valence-electron chi connectivity index (χ3n) is 0.774. The second-order valence-electron chi connectivity index (χ2n) is 1.54. The molecule has 0 aliphatic rings. The average Bonchev–Trinajstić information content (AvgIpc) is 1.87. The van der Waals surface area contributed by atoms with Crippen LogP contribution in [0.4, 0.5) is 4.79 Å². The van der Waals surface area contributed by atoms with Crippen LogP contribution in [0, 0.1) is 0 Å².